The number of pyridine rings is 1. The van der Waals surface area contributed by atoms with Crippen LogP contribution in [0.3, 0.4) is 0 Å². The molecular formula is C21H24N4O3. The second kappa shape index (κ2) is 7.59. The van der Waals surface area contributed by atoms with Crippen molar-refractivity contribution in [2.24, 2.45) is 0 Å². The van der Waals surface area contributed by atoms with Crippen LogP contribution < -0.4 is 10.6 Å². The number of alkyl carbamates (subject to hydrolysis) is 1. The van der Waals surface area contributed by atoms with Gasteiger partial charge >= 0.3 is 6.09 Å². The third-order valence-corrected chi connectivity index (χ3v) is 5.38. The van der Waals surface area contributed by atoms with Crippen LogP contribution in [0.5, 0.6) is 0 Å². The number of benzene rings is 1. The summed E-state index contributed by atoms with van der Waals surface area (Å²) in [6.07, 6.45) is 3.02. The van der Waals surface area contributed by atoms with Crippen molar-refractivity contribution in [2.75, 3.05) is 25.0 Å². The van der Waals surface area contributed by atoms with E-state index in [0.717, 1.165) is 43.6 Å². The molecule has 2 amide bonds. The molecular weight excluding hydrogens is 356 g/mol. The molecule has 2 aliphatic rings. The maximum atomic E-state index is 12.6. The Balaban J connectivity index is 1.36. The van der Waals surface area contributed by atoms with Gasteiger partial charge in [-0.2, -0.15) is 0 Å². The maximum Gasteiger partial charge on any atom is 0.407 e. The number of aryl methyl sites for hydroxylation is 1. The van der Waals surface area contributed by atoms with Gasteiger partial charge in [0.15, 0.2) is 0 Å². The van der Waals surface area contributed by atoms with Crippen LogP contribution in [0.2, 0.25) is 0 Å². The van der Waals surface area contributed by atoms with Crippen molar-refractivity contribution in [3.63, 3.8) is 0 Å². The van der Waals surface area contributed by atoms with Gasteiger partial charge in [-0.25, -0.2) is 9.78 Å². The van der Waals surface area contributed by atoms with Crippen molar-refractivity contribution < 1.29 is 14.3 Å². The number of likely N-dealkylation sites (tertiary alicyclic amines) is 1. The monoisotopic (exact) mass is 380 g/mol. The van der Waals surface area contributed by atoms with E-state index in [4.69, 9.17) is 4.74 Å². The lowest BCUT2D eigenvalue weighted by Gasteiger charge is -2.37. The van der Waals surface area contributed by atoms with E-state index in [2.05, 4.69) is 20.5 Å². The van der Waals surface area contributed by atoms with Crippen molar-refractivity contribution in [1.29, 1.82) is 0 Å². The van der Waals surface area contributed by atoms with Crippen molar-refractivity contribution >= 4 is 17.8 Å². The summed E-state index contributed by atoms with van der Waals surface area (Å²) in [4.78, 5) is 30.4. The van der Waals surface area contributed by atoms with Crippen molar-refractivity contribution in [3.05, 3.63) is 59.3 Å². The van der Waals surface area contributed by atoms with Crippen LogP contribution >= 0.6 is 0 Å². The number of piperidine rings is 1. The van der Waals surface area contributed by atoms with E-state index in [9.17, 15) is 9.59 Å². The van der Waals surface area contributed by atoms with Gasteiger partial charge in [-0.05, 0) is 42.3 Å². The zero-order valence-electron chi connectivity index (χ0n) is 15.9. The van der Waals surface area contributed by atoms with Gasteiger partial charge in [0, 0.05) is 44.2 Å². The summed E-state index contributed by atoms with van der Waals surface area (Å²) in [5, 5.41) is 5.61. The molecule has 28 heavy (non-hydrogen) atoms. The Morgan fingerprint density at radius 1 is 1.29 bits per heavy atom. The molecule has 1 aromatic carbocycles. The first-order valence-electron chi connectivity index (χ1n) is 9.54. The molecule has 0 radical (unpaired) electrons. The first-order valence-corrected chi connectivity index (χ1v) is 9.54. The molecule has 0 bridgehead atoms. The zero-order valence-corrected chi connectivity index (χ0v) is 15.9. The minimum Gasteiger partial charge on any atom is -0.441 e. The molecule has 2 saturated heterocycles. The summed E-state index contributed by atoms with van der Waals surface area (Å²) >= 11 is 0. The van der Waals surface area contributed by atoms with Gasteiger partial charge in [-0.3, -0.25) is 9.69 Å². The second-order valence-corrected chi connectivity index (χ2v) is 7.58. The first-order chi connectivity index (χ1) is 13.5. The molecule has 0 atom stereocenters. The summed E-state index contributed by atoms with van der Waals surface area (Å²) < 4.78 is 5.47. The molecule has 146 valence electrons. The average Bonchev–Trinajstić information content (AvgIpc) is 3.04. The van der Waals surface area contributed by atoms with E-state index in [1.807, 2.05) is 43.3 Å². The summed E-state index contributed by atoms with van der Waals surface area (Å²) in [7, 11) is 0. The fraction of sp³-hybridized carbons (Fsp3) is 0.381. The highest BCUT2D eigenvalue weighted by molar-refractivity contribution is 6.03. The third kappa shape index (κ3) is 4.14. The Bertz CT molecular complexity index is 891. The molecule has 1 spiro atoms. The Morgan fingerprint density at radius 2 is 2.11 bits per heavy atom. The topological polar surface area (TPSA) is 83.6 Å². The predicted octanol–water partition coefficient (Wildman–Crippen LogP) is 2.72. The highest BCUT2D eigenvalue weighted by Gasteiger charge is 2.42. The van der Waals surface area contributed by atoms with Crippen molar-refractivity contribution in [2.45, 2.75) is 31.9 Å². The maximum absolute atomic E-state index is 12.6. The number of hydrogen-bond acceptors (Lipinski definition) is 5. The molecule has 7 heteroatoms. The molecule has 1 aromatic heterocycles. The molecule has 0 aliphatic carbocycles. The van der Waals surface area contributed by atoms with Crippen LogP contribution in [0.1, 0.15) is 34.3 Å². The number of amides is 2. The summed E-state index contributed by atoms with van der Waals surface area (Å²) in [6.45, 7) is 5.05. The largest absolute Gasteiger partial charge is 0.441 e. The fourth-order valence-corrected chi connectivity index (χ4v) is 3.76. The fourth-order valence-electron chi connectivity index (χ4n) is 3.76. The third-order valence-electron chi connectivity index (χ3n) is 5.38. The number of nitrogens with zero attached hydrogens (tertiary/aromatic N) is 2. The minimum absolute atomic E-state index is 0.165. The summed E-state index contributed by atoms with van der Waals surface area (Å²) in [5.41, 5.74) is 2.41. The number of anilines is 1. The van der Waals surface area contributed by atoms with Crippen LogP contribution in [0.15, 0.2) is 42.6 Å². The van der Waals surface area contributed by atoms with E-state index in [-0.39, 0.29) is 17.6 Å². The second-order valence-electron chi connectivity index (χ2n) is 7.58. The van der Waals surface area contributed by atoms with E-state index in [1.165, 1.54) is 0 Å². The summed E-state index contributed by atoms with van der Waals surface area (Å²) in [6, 6.07) is 11.4. The Hall–Kier alpha value is -2.93. The van der Waals surface area contributed by atoms with Crippen molar-refractivity contribution in [1.82, 2.24) is 15.2 Å². The number of nitrogens with one attached hydrogen (secondary N) is 2. The number of carbonyl (C=O) groups excluding carboxylic acids is 2. The normalized spacial score (nSPS) is 18.5. The van der Waals surface area contributed by atoms with Crippen molar-refractivity contribution in [3.8, 4) is 0 Å². The molecule has 4 rings (SSSR count). The Morgan fingerprint density at radius 3 is 2.82 bits per heavy atom. The van der Waals surface area contributed by atoms with Crippen LogP contribution in [-0.2, 0) is 11.3 Å². The number of hydrogen-bond donors (Lipinski definition) is 2. The smallest absolute Gasteiger partial charge is 0.407 e. The Labute approximate surface area is 164 Å². The van der Waals surface area contributed by atoms with E-state index < -0.39 is 0 Å². The van der Waals surface area contributed by atoms with Crippen LogP contribution in [0.25, 0.3) is 0 Å². The molecule has 2 aliphatic heterocycles. The lowest BCUT2D eigenvalue weighted by molar-refractivity contribution is -0.00101. The van der Waals surface area contributed by atoms with Gasteiger partial charge in [-0.15, -0.1) is 0 Å². The van der Waals surface area contributed by atoms with Gasteiger partial charge in [0.2, 0.25) is 0 Å². The highest BCUT2D eigenvalue weighted by Crippen LogP contribution is 2.29. The molecule has 3 heterocycles. The lowest BCUT2D eigenvalue weighted by atomic mass is 9.91. The van der Waals surface area contributed by atoms with E-state index in [1.54, 1.807) is 6.20 Å². The predicted molar refractivity (Wildman–Crippen MR) is 105 cm³/mol. The quantitative estimate of drug-likeness (QED) is 0.852. The van der Waals surface area contributed by atoms with Crippen LogP contribution in [0, 0.1) is 6.92 Å². The van der Waals surface area contributed by atoms with Gasteiger partial charge < -0.3 is 15.4 Å². The Kier molecular flexibility index (Phi) is 5.00. The molecule has 2 N–H and O–H groups in total. The number of rotatable bonds is 4. The molecule has 0 unspecified atom stereocenters. The minimum atomic E-state index is -0.337. The molecule has 2 fully saturated rings. The molecule has 0 saturated carbocycles. The van der Waals surface area contributed by atoms with Gasteiger partial charge in [0.05, 0.1) is 6.54 Å². The van der Waals surface area contributed by atoms with E-state index >= 15 is 0 Å². The van der Waals surface area contributed by atoms with Crippen LogP contribution in [0.4, 0.5) is 10.6 Å². The molecule has 2 aromatic rings. The SMILES string of the molecule is Cc1ccnc(NC(=O)c2cccc(CN3CCC4(CC3)CNC(=O)O4)c2)c1. The van der Waals surface area contributed by atoms with Gasteiger partial charge in [-0.1, -0.05) is 12.1 Å². The highest BCUT2D eigenvalue weighted by atomic mass is 16.6. The average molecular weight is 380 g/mol. The number of ether oxygens (including phenoxy) is 1. The number of aromatic nitrogens is 1. The van der Waals surface area contributed by atoms with Gasteiger partial charge in [0.1, 0.15) is 11.4 Å². The zero-order chi connectivity index (χ0) is 19.6. The first kappa shape index (κ1) is 18.4. The summed E-state index contributed by atoms with van der Waals surface area (Å²) in [5.74, 6) is 0.387. The van der Waals surface area contributed by atoms with E-state index in [0.29, 0.717) is 17.9 Å². The number of carbonyl (C=O) groups is 2. The van der Waals surface area contributed by atoms with Gasteiger partial charge in [0.25, 0.3) is 5.91 Å². The lowest BCUT2D eigenvalue weighted by Crippen LogP contribution is -2.46. The standard InChI is InChI=1S/C21H24N4O3/c1-15-5-8-22-18(11-15)24-19(26)17-4-2-3-16(12-17)13-25-9-6-21(7-10-25)14-23-20(27)28-21/h2-5,8,11-12H,6-7,9-10,13-14H2,1H3,(H,23,27)(H,22,24,26). The van der Waals surface area contributed by atoms with Crippen LogP contribution in [-0.4, -0.2) is 47.1 Å². The molecule has 7 nitrogen and oxygen atoms in total.